The molecule has 2 N–H and O–H groups in total. The normalized spacial score (nSPS) is 28.0. The number of primary amides is 1. The number of anilines is 1. The predicted octanol–water partition coefficient (Wildman–Crippen LogP) is 2.95. The summed E-state index contributed by atoms with van der Waals surface area (Å²) >= 11 is 0. The summed E-state index contributed by atoms with van der Waals surface area (Å²) in [5.41, 5.74) is 4.24. The van der Waals surface area contributed by atoms with Crippen LogP contribution in [0.25, 0.3) is 0 Å². The Bertz CT molecular complexity index is 1220. The molecule has 6 rings (SSSR count). The van der Waals surface area contributed by atoms with E-state index in [1.54, 1.807) is 6.92 Å². The summed E-state index contributed by atoms with van der Waals surface area (Å²) in [6.45, 7) is 1.08. The lowest BCUT2D eigenvalue weighted by Gasteiger charge is -2.72. The average Bonchev–Trinajstić information content (AvgIpc) is 2.70. The predicted molar refractivity (Wildman–Crippen MR) is 115 cm³/mol. The standard InChI is InChI=1S/C24H22F4N4O3/c1-13-6-16(25)19(30-7-13)32-9-17(33)31(8-14-2-4-15(5-3-14)24(26,27)28)18(20(32)34)22-10-23(11-22,12-22)21(29)35/h2-7,18H,8-12H2,1H3,(H2,29,35). The van der Waals surface area contributed by atoms with Gasteiger partial charge in [0.25, 0.3) is 5.91 Å². The summed E-state index contributed by atoms with van der Waals surface area (Å²) < 4.78 is 53.5. The average molecular weight is 490 g/mol. The van der Waals surface area contributed by atoms with Crippen LogP contribution in [0.4, 0.5) is 23.4 Å². The van der Waals surface area contributed by atoms with Gasteiger partial charge in [-0.05, 0) is 55.5 Å². The molecule has 1 atom stereocenters. The molecule has 1 aromatic heterocycles. The van der Waals surface area contributed by atoms with E-state index in [0.29, 0.717) is 30.4 Å². The van der Waals surface area contributed by atoms with Crippen molar-refractivity contribution in [1.29, 1.82) is 0 Å². The van der Waals surface area contributed by atoms with Crippen molar-refractivity contribution in [2.75, 3.05) is 11.4 Å². The van der Waals surface area contributed by atoms with Crippen LogP contribution in [0.3, 0.4) is 0 Å². The highest BCUT2D eigenvalue weighted by Gasteiger charge is 2.76. The van der Waals surface area contributed by atoms with E-state index in [9.17, 15) is 31.9 Å². The molecule has 1 saturated heterocycles. The summed E-state index contributed by atoms with van der Waals surface area (Å²) in [4.78, 5) is 45.2. The quantitative estimate of drug-likeness (QED) is 0.652. The van der Waals surface area contributed by atoms with Gasteiger partial charge in [-0.25, -0.2) is 9.37 Å². The summed E-state index contributed by atoms with van der Waals surface area (Å²) in [7, 11) is 0. The Labute approximate surface area is 197 Å². The van der Waals surface area contributed by atoms with Gasteiger partial charge < -0.3 is 10.6 Å². The number of carbonyl (C=O) groups excluding carboxylic acids is 3. The van der Waals surface area contributed by atoms with Crippen molar-refractivity contribution in [3.05, 3.63) is 59.0 Å². The first-order valence-corrected chi connectivity index (χ1v) is 11.0. The first kappa shape index (κ1) is 23.3. The molecule has 7 nitrogen and oxygen atoms in total. The van der Waals surface area contributed by atoms with Crippen LogP contribution < -0.4 is 10.6 Å². The van der Waals surface area contributed by atoms with E-state index < -0.39 is 58.7 Å². The van der Waals surface area contributed by atoms with E-state index in [0.717, 1.165) is 17.0 Å². The maximum atomic E-state index is 14.7. The number of nitrogens with two attached hydrogens (primary N) is 1. The number of hydrogen-bond donors (Lipinski definition) is 1. The molecule has 184 valence electrons. The van der Waals surface area contributed by atoms with Crippen LogP contribution in [0.5, 0.6) is 0 Å². The first-order valence-electron chi connectivity index (χ1n) is 11.0. The number of nitrogens with zero attached hydrogens (tertiary/aromatic N) is 3. The number of aromatic nitrogens is 1. The van der Waals surface area contributed by atoms with Crippen molar-refractivity contribution in [2.45, 2.75) is 44.9 Å². The number of rotatable bonds is 5. The second kappa shape index (κ2) is 7.50. The highest BCUT2D eigenvalue weighted by Crippen LogP contribution is 2.75. The summed E-state index contributed by atoms with van der Waals surface area (Å²) in [5.74, 6) is -2.50. The molecule has 0 spiro atoms. The molecule has 0 radical (unpaired) electrons. The van der Waals surface area contributed by atoms with Gasteiger partial charge in [-0.15, -0.1) is 0 Å². The number of pyridine rings is 1. The largest absolute Gasteiger partial charge is 0.416 e. The first-order chi connectivity index (χ1) is 16.4. The maximum Gasteiger partial charge on any atom is 0.416 e. The molecule has 11 heteroatoms. The van der Waals surface area contributed by atoms with Crippen molar-refractivity contribution in [3.63, 3.8) is 0 Å². The summed E-state index contributed by atoms with van der Waals surface area (Å²) in [5, 5.41) is 0. The second-order valence-corrected chi connectivity index (χ2v) is 9.90. The Morgan fingerprint density at radius 2 is 1.80 bits per heavy atom. The Morgan fingerprint density at radius 1 is 1.17 bits per heavy atom. The number of piperazine rings is 1. The SMILES string of the molecule is Cc1cnc(N2CC(=O)N(Cc3ccc(C(F)(F)F)cc3)C(C34CC(C(N)=O)(C3)C4)C2=O)c(F)c1. The molecule has 3 aliphatic carbocycles. The molecule has 1 aliphatic heterocycles. The third-order valence-corrected chi connectivity index (χ3v) is 7.45. The van der Waals surface area contributed by atoms with Gasteiger partial charge in [0.05, 0.1) is 11.0 Å². The zero-order valence-corrected chi connectivity index (χ0v) is 18.7. The van der Waals surface area contributed by atoms with E-state index in [2.05, 4.69) is 4.98 Å². The zero-order valence-electron chi connectivity index (χ0n) is 18.7. The minimum Gasteiger partial charge on any atom is -0.369 e. The van der Waals surface area contributed by atoms with Gasteiger partial charge >= 0.3 is 6.18 Å². The monoisotopic (exact) mass is 490 g/mol. The lowest BCUT2D eigenvalue weighted by Crippen LogP contribution is -2.78. The third-order valence-electron chi connectivity index (χ3n) is 7.45. The number of halogens is 4. The zero-order chi connectivity index (χ0) is 25.3. The van der Waals surface area contributed by atoms with Gasteiger partial charge in [-0.3, -0.25) is 19.3 Å². The van der Waals surface area contributed by atoms with Crippen molar-refractivity contribution >= 4 is 23.5 Å². The highest BCUT2D eigenvalue weighted by atomic mass is 19.4. The van der Waals surface area contributed by atoms with Crippen LogP contribution in [0.15, 0.2) is 36.5 Å². The fourth-order valence-electron chi connectivity index (χ4n) is 5.82. The minimum atomic E-state index is -4.50. The second-order valence-electron chi connectivity index (χ2n) is 9.90. The number of hydrogen-bond acceptors (Lipinski definition) is 4. The fraction of sp³-hybridized carbons (Fsp3) is 0.417. The van der Waals surface area contributed by atoms with Gasteiger partial charge in [0.2, 0.25) is 11.8 Å². The van der Waals surface area contributed by atoms with Crippen LogP contribution in [0.1, 0.15) is 36.0 Å². The topological polar surface area (TPSA) is 96.6 Å². The van der Waals surface area contributed by atoms with Gasteiger partial charge in [0.15, 0.2) is 11.6 Å². The van der Waals surface area contributed by atoms with Gasteiger partial charge in [-0.1, -0.05) is 12.1 Å². The van der Waals surface area contributed by atoms with Crippen LogP contribution in [-0.4, -0.2) is 40.2 Å². The van der Waals surface area contributed by atoms with E-state index >= 15 is 0 Å². The molecule has 2 bridgehead atoms. The van der Waals surface area contributed by atoms with Crippen LogP contribution in [0, 0.1) is 23.6 Å². The molecule has 1 aromatic carbocycles. The molecule has 3 amide bonds. The third kappa shape index (κ3) is 3.55. The number of benzene rings is 1. The fourth-order valence-corrected chi connectivity index (χ4v) is 5.82. The number of alkyl halides is 3. The molecule has 4 aliphatic rings. The van der Waals surface area contributed by atoms with Gasteiger partial charge in [0.1, 0.15) is 12.6 Å². The molecule has 3 saturated carbocycles. The van der Waals surface area contributed by atoms with Crippen molar-refractivity contribution in [2.24, 2.45) is 16.6 Å². The molecular weight excluding hydrogens is 468 g/mol. The smallest absolute Gasteiger partial charge is 0.369 e. The van der Waals surface area contributed by atoms with E-state index in [-0.39, 0.29) is 12.4 Å². The van der Waals surface area contributed by atoms with Crippen LogP contribution >= 0.6 is 0 Å². The number of carbonyl (C=O) groups is 3. The summed E-state index contributed by atoms with van der Waals surface area (Å²) in [6, 6.07) is 4.56. The Morgan fingerprint density at radius 3 is 2.34 bits per heavy atom. The molecule has 35 heavy (non-hydrogen) atoms. The molecule has 4 fully saturated rings. The van der Waals surface area contributed by atoms with Crippen LogP contribution in [0.2, 0.25) is 0 Å². The van der Waals surface area contributed by atoms with Crippen LogP contribution in [-0.2, 0) is 27.1 Å². The minimum absolute atomic E-state index is 0.101. The van der Waals surface area contributed by atoms with E-state index in [1.807, 2.05) is 0 Å². The molecule has 2 aromatic rings. The maximum absolute atomic E-state index is 14.7. The van der Waals surface area contributed by atoms with Crippen molar-refractivity contribution < 1.29 is 31.9 Å². The van der Waals surface area contributed by atoms with Crippen molar-refractivity contribution in [3.8, 4) is 0 Å². The Kier molecular flexibility index (Phi) is 4.98. The molecule has 2 heterocycles. The van der Waals surface area contributed by atoms with Crippen molar-refractivity contribution in [1.82, 2.24) is 9.88 Å². The van der Waals surface area contributed by atoms with E-state index in [4.69, 9.17) is 5.73 Å². The lowest BCUT2D eigenvalue weighted by molar-refractivity contribution is -0.231. The van der Waals surface area contributed by atoms with Gasteiger partial charge in [0, 0.05) is 18.2 Å². The highest BCUT2D eigenvalue weighted by molar-refractivity contribution is 6.07. The number of aryl methyl sites for hydroxylation is 1. The Hall–Kier alpha value is -3.50. The van der Waals surface area contributed by atoms with E-state index in [1.165, 1.54) is 29.3 Å². The Balaban J connectivity index is 1.47. The molecular formula is C24H22F4N4O3. The van der Waals surface area contributed by atoms with Gasteiger partial charge in [-0.2, -0.15) is 13.2 Å². The molecule has 1 unspecified atom stereocenters. The lowest BCUT2D eigenvalue weighted by atomic mass is 9.32. The summed E-state index contributed by atoms with van der Waals surface area (Å²) in [6.07, 6.45) is -2.15. The number of amides is 3.